The maximum atomic E-state index is 11.7. The minimum Gasteiger partial charge on any atom is -0.394 e. The molecule has 20 heavy (non-hydrogen) atoms. The number of H-pyrrole nitrogens is 1. The molecule has 1 aliphatic rings. The topological polar surface area (TPSA) is 160 Å². The van der Waals surface area contributed by atoms with Crippen LogP contribution < -0.4 is 11.3 Å². The molecule has 1 aliphatic heterocycles. The number of hydrogen-bond donors (Lipinski definition) is 5. The molecule has 6 N–H and O–H groups in total. The molecule has 0 radical (unpaired) electrons. The molecule has 0 saturated carbocycles. The number of nitrogens with two attached hydrogens (primary N) is 1. The first kappa shape index (κ1) is 13.0. The van der Waals surface area contributed by atoms with Gasteiger partial charge in [-0.1, -0.05) is 0 Å². The highest BCUT2D eigenvalue weighted by atomic mass is 16.6. The minimum atomic E-state index is -1.29. The minimum absolute atomic E-state index is 0.0388. The number of aliphatic hydroxyl groups is 3. The second kappa shape index (κ2) is 4.52. The van der Waals surface area contributed by atoms with Gasteiger partial charge in [0.1, 0.15) is 18.3 Å². The number of aromatic amines is 1. The Morgan fingerprint density at radius 3 is 2.85 bits per heavy atom. The van der Waals surface area contributed by atoms with Gasteiger partial charge in [-0.3, -0.25) is 14.3 Å². The molecule has 0 spiro atoms. The van der Waals surface area contributed by atoms with Crippen molar-refractivity contribution in [2.75, 3.05) is 12.3 Å². The highest BCUT2D eigenvalue weighted by molar-refractivity contribution is 5.70. The van der Waals surface area contributed by atoms with Crippen LogP contribution in [-0.4, -0.2) is 59.8 Å². The van der Waals surface area contributed by atoms with E-state index in [1.54, 1.807) is 0 Å². The Labute approximate surface area is 111 Å². The molecule has 0 unspecified atom stereocenters. The second-order valence-electron chi connectivity index (χ2n) is 4.50. The van der Waals surface area contributed by atoms with Crippen LogP contribution in [0.1, 0.15) is 6.23 Å². The van der Waals surface area contributed by atoms with Gasteiger partial charge in [-0.05, 0) is 0 Å². The monoisotopic (exact) mass is 284 g/mol. The third-order valence-electron chi connectivity index (χ3n) is 3.24. The fourth-order valence-corrected chi connectivity index (χ4v) is 2.24. The number of fused-ring (bicyclic) bond motifs is 1. The van der Waals surface area contributed by atoms with Crippen molar-refractivity contribution in [3.05, 3.63) is 16.7 Å². The van der Waals surface area contributed by atoms with E-state index in [9.17, 15) is 15.0 Å². The summed E-state index contributed by atoms with van der Waals surface area (Å²) in [5, 5.41) is 28.7. The van der Waals surface area contributed by atoms with Crippen molar-refractivity contribution in [2.45, 2.75) is 24.5 Å². The highest BCUT2D eigenvalue weighted by Crippen LogP contribution is 2.30. The molecule has 3 rings (SSSR count). The van der Waals surface area contributed by atoms with Crippen molar-refractivity contribution < 1.29 is 20.1 Å². The van der Waals surface area contributed by atoms with Crippen molar-refractivity contribution in [3.8, 4) is 0 Å². The number of aliphatic hydroxyl groups excluding tert-OH is 3. The quantitative estimate of drug-likeness (QED) is 0.398. The van der Waals surface area contributed by atoms with Crippen molar-refractivity contribution in [1.82, 2.24) is 19.5 Å². The Hall–Kier alpha value is -2.01. The lowest BCUT2D eigenvalue weighted by molar-refractivity contribution is -0.0511. The van der Waals surface area contributed by atoms with Crippen LogP contribution in [0.4, 0.5) is 5.95 Å². The van der Waals surface area contributed by atoms with E-state index in [0.29, 0.717) is 0 Å². The summed E-state index contributed by atoms with van der Waals surface area (Å²) in [7, 11) is 0. The molecule has 0 aromatic carbocycles. The van der Waals surface area contributed by atoms with E-state index in [1.165, 1.54) is 10.9 Å². The van der Waals surface area contributed by atoms with Crippen LogP contribution in [0.5, 0.6) is 0 Å². The zero-order valence-electron chi connectivity index (χ0n) is 10.2. The maximum absolute atomic E-state index is 11.7. The van der Waals surface area contributed by atoms with Gasteiger partial charge in [0.05, 0.1) is 12.9 Å². The normalized spacial score (nSPS) is 30.1. The van der Waals surface area contributed by atoms with Crippen molar-refractivity contribution in [3.63, 3.8) is 0 Å². The number of hydrogen-bond acceptors (Lipinski definition) is 8. The van der Waals surface area contributed by atoms with E-state index in [2.05, 4.69) is 15.0 Å². The fourth-order valence-electron chi connectivity index (χ4n) is 2.24. The van der Waals surface area contributed by atoms with Crippen LogP contribution in [0.25, 0.3) is 11.2 Å². The summed E-state index contributed by atoms with van der Waals surface area (Å²) >= 11 is 0. The van der Waals surface area contributed by atoms with Gasteiger partial charge in [-0.25, -0.2) is 4.98 Å². The van der Waals surface area contributed by atoms with Crippen molar-refractivity contribution >= 4 is 17.1 Å². The lowest BCUT2D eigenvalue weighted by Crippen LogP contribution is -2.33. The van der Waals surface area contributed by atoms with Crippen molar-refractivity contribution in [2.24, 2.45) is 0 Å². The SMILES string of the molecule is Nc1nc2c(nc[15n]2[C@@H]2O[C@H](CO)[C@@H](O)[C@H]2O)c(=O)[nH]1. The molecule has 108 valence electrons. The summed E-state index contributed by atoms with van der Waals surface area (Å²) in [6.45, 7) is -0.447. The molecule has 3 heterocycles. The largest absolute Gasteiger partial charge is 0.394 e. The molecule has 10 heteroatoms. The van der Waals surface area contributed by atoms with Crippen molar-refractivity contribution in [1.29, 1.82) is 0 Å². The Morgan fingerprint density at radius 2 is 2.20 bits per heavy atom. The molecular formula is C10H13N5O5. The molecular weight excluding hydrogens is 271 g/mol. The Bertz CT molecular complexity index is 697. The maximum Gasteiger partial charge on any atom is 0.280 e. The van der Waals surface area contributed by atoms with E-state index >= 15 is 0 Å². The van der Waals surface area contributed by atoms with Gasteiger partial charge < -0.3 is 25.8 Å². The molecule has 0 aliphatic carbocycles. The number of nitrogens with one attached hydrogen (secondary N) is 1. The molecule has 2 aromatic rings. The van der Waals surface area contributed by atoms with E-state index < -0.39 is 36.7 Å². The average Bonchev–Trinajstić information content (AvgIpc) is 2.93. The van der Waals surface area contributed by atoms with Gasteiger partial charge >= 0.3 is 0 Å². The zero-order chi connectivity index (χ0) is 14.4. The Morgan fingerprint density at radius 1 is 1.45 bits per heavy atom. The first-order valence-corrected chi connectivity index (χ1v) is 5.87. The average molecular weight is 284 g/mol. The Balaban J connectivity index is 2.09. The predicted molar refractivity (Wildman–Crippen MR) is 65.6 cm³/mol. The molecule has 4 atom stereocenters. The second-order valence-corrected chi connectivity index (χ2v) is 4.50. The van der Waals surface area contributed by atoms with Crippen LogP contribution in [0.15, 0.2) is 11.1 Å². The molecule has 0 amide bonds. The van der Waals surface area contributed by atoms with Crippen LogP contribution in [0, 0.1) is 0 Å². The first-order chi connectivity index (χ1) is 9.52. The number of anilines is 1. The van der Waals surface area contributed by atoms with Crippen LogP contribution in [0.3, 0.4) is 0 Å². The molecule has 2 aromatic heterocycles. The third-order valence-corrected chi connectivity index (χ3v) is 3.24. The first-order valence-electron chi connectivity index (χ1n) is 5.87. The standard InChI is InChI=1S/C10H13N5O5/c11-10-13-7-4(8(19)14-10)12-2-15(7)9-6(18)5(17)3(1-16)20-9/h2-3,5-6,9,16-18H,1H2,(H3,11,13,14,19)/t3-,5-,6-,9-/m1/s1/i15+1. The molecule has 1 saturated heterocycles. The van der Waals surface area contributed by atoms with E-state index in [1.807, 2.05) is 0 Å². The summed E-state index contributed by atoms with van der Waals surface area (Å²) in [6, 6.07) is 0. The lowest BCUT2D eigenvalue weighted by atomic mass is 10.1. The number of ether oxygens (including phenoxy) is 1. The lowest BCUT2D eigenvalue weighted by Gasteiger charge is -2.16. The smallest absolute Gasteiger partial charge is 0.280 e. The van der Waals surface area contributed by atoms with Crippen LogP contribution in [0.2, 0.25) is 0 Å². The van der Waals surface area contributed by atoms with E-state index in [-0.39, 0.29) is 17.1 Å². The summed E-state index contributed by atoms with van der Waals surface area (Å²) < 4.78 is 6.64. The van der Waals surface area contributed by atoms with Gasteiger partial charge in [0.25, 0.3) is 5.56 Å². The molecule has 10 nitrogen and oxygen atoms in total. The summed E-state index contributed by atoms with van der Waals surface area (Å²) in [5.41, 5.74) is 5.12. The van der Waals surface area contributed by atoms with Gasteiger partial charge in [0.15, 0.2) is 17.4 Å². The van der Waals surface area contributed by atoms with Gasteiger partial charge in [0, 0.05) is 0 Å². The van der Waals surface area contributed by atoms with Gasteiger partial charge in [-0.15, -0.1) is 0 Å². The van der Waals surface area contributed by atoms with E-state index in [4.69, 9.17) is 15.6 Å². The third kappa shape index (κ3) is 1.78. The number of imidazole rings is 1. The molecule has 1 fully saturated rings. The number of aromatic nitrogens is 4. The Kier molecular flexibility index (Phi) is 2.94. The number of nitrogen functional groups attached to an aromatic ring is 1. The predicted octanol–water partition coefficient (Wildman–Crippen LogP) is -2.69. The summed E-state index contributed by atoms with van der Waals surface area (Å²) in [4.78, 5) is 21.8. The number of nitrogens with zero attached hydrogens (tertiary/aromatic N) is 3. The number of rotatable bonds is 2. The summed E-state index contributed by atoms with van der Waals surface area (Å²) in [6.07, 6.45) is -3.21. The zero-order valence-corrected chi connectivity index (χ0v) is 10.2. The molecule has 0 bridgehead atoms. The van der Waals surface area contributed by atoms with Gasteiger partial charge in [0.2, 0.25) is 5.95 Å². The van der Waals surface area contributed by atoms with Crippen LogP contribution >= 0.6 is 0 Å². The fraction of sp³-hybridized carbons (Fsp3) is 0.500. The van der Waals surface area contributed by atoms with E-state index in [0.717, 1.165) is 0 Å². The van der Waals surface area contributed by atoms with Crippen LogP contribution in [-0.2, 0) is 4.74 Å². The van der Waals surface area contributed by atoms with Gasteiger partial charge in [-0.2, -0.15) is 4.98 Å². The summed E-state index contributed by atoms with van der Waals surface area (Å²) in [5.74, 6) is -0.101. The highest BCUT2D eigenvalue weighted by Gasteiger charge is 2.44.